The van der Waals surface area contributed by atoms with Gasteiger partial charge in [-0.25, -0.2) is 0 Å². The lowest BCUT2D eigenvalue weighted by Crippen LogP contribution is -2.11. The van der Waals surface area contributed by atoms with Gasteiger partial charge >= 0.3 is 0 Å². The maximum absolute atomic E-state index is 10.2. The molecule has 0 spiro atoms. The van der Waals surface area contributed by atoms with Crippen LogP contribution in [0.15, 0.2) is 41.0 Å². The van der Waals surface area contributed by atoms with Crippen molar-refractivity contribution in [1.29, 1.82) is 0 Å². The van der Waals surface area contributed by atoms with E-state index in [0.29, 0.717) is 13.0 Å². The predicted molar refractivity (Wildman–Crippen MR) is 81.5 cm³/mol. The summed E-state index contributed by atoms with van der Waals surface area (Å²) in [5, 5.41) is 14.5. The summed E-state index contributed by atoms with van der Waals surface area (Å²) in [5.74, 6) is 0. The van der Waals surface area contributed by atoms with E-state index in [0.717, 1.165) is 28.7 Å². The molecule has 0 saturated heterocycles. The average Bonchev–Trinajstić information content (AvgIpc) is 2.84. The van der Waals surface area contributed by atoms with Gasteiger partial charge < -0.3 is 9.84 Å². The van der Waals surface area contributed by atoms with Crippen molar-refractivity contribution >= 4 is 15.9 Å². The van der Waals surface area contributed by atoms with Crippen LogP contribution in [0.5, 0.6) is 0 Å². The quantitative estimate of drug-likeness (QED) is 0.844. The fourth-order valence-electron chi connectivity index (χ4n) is 2.12. The van der Waals surface area contributed by atoms with Crippen LogP contribution in [-0.4, -0.2) is 28.6 Å². The summed E-state index contributed by atoms with van der Waals surface area (Å²) in [6.45, 7) is 1.35. The maximum atomic E-state index is 10.2. The third kappa shape index (κ3) is 3.91. The molecule has 0 aliphatic rings. The van der Waals surface area contributed by atoms with Crippen LogP contribution in [0.4, 0.5) is 0 Å². The van der Waals surface area contributed by atoms with Crippen LogP contribution >= 0.6 is 15.9 Å². The Morgan fingerprint density at radius 3 is 2.80 bits per heavy atom. The lowest BCUT2D eigenvalue weighted by Gasteiger charge is -2.12. The third-order valence-corrected chi connectivity index (χ3v) is 3.91. The highest BCUT2D eigenvalue weighted by Crippen LogP contribution is 2.23. The van der Waals surface area contributed by atoms with Crippen LogP contribution in [0.3, 0.4) is 0 Å². The van der Waals surface area contributed by atoms with Crippen LogP contribution < -0.4 is 0 Å². The molecule has 0 aliphatic carbocycles. The minimum absolute atomic E-state index is 0.450. The molecule has 1 aromatic heterocycles. The minimum atomic E-state index is -0.450. The van der Waals surface area contributed by atoms with E-state index in [1.54, 1.807) is 13.3 Å². The second kappa shape index (κ2) is 7.57. The molecule has 108 valence electrons. The molecule has 1 unspecified atom stereocenters. The second-order valence-corrected chi connectivity index (χ2v) is 5.47. The van der Waals surface area contributed by atoms with E-state index in [9.17, 15) is 5.11 Å². The molecule has 0 fully saturated rings. The molecule has 2 aromatic rings. The summed E-state index contributed by atoms with van der Waals surface area (Å²) in [7, 11) is 1.68. The zero-order valence-electron chi connectivity index (χ0n) is 11.5. The number of hydrogen-bond donors (Lipinski definition) is 1. The number of aromatic nitrogens is 2. The van der Waals surface area contributed by atoms with Gasteiger partial charge in [0.15, 0.2) is 0 Å². The number of aliphatic hydroxyl groups is 1. The zero-order chi connectivity index (χ0) is 14.4. The average molecular weight is 339 g/mol. The lowest BCUT2D eigenvalue weighted by molar-refractivity contribution is 0.165. The summed E-state index contributed by atoms with van der Waals surface area (Å²) in [4.78, 5) is 0. The first-order valence-corrected chi connectivity index (χ1v) is 7.43. The number of hydrogen-bond acceptors (Lipinski definition) is 3. The molecule has 20 heavy (non-hydrogen) atoms. The standard InChI is InChI=1S/C15H19BrN2O2/c1-20-10-9-18-14(13(16)11-17-18)7-8-15(19)12-5-3-2-4-6-12/h2-6,11,15,19H,7-10H2,1H3. The van der Waals surface area contributed by atoms with E-state index in [-0.39, 0.29) is 0 Å². The van der Waals surface area contributed by atoms with E-state index in [1.807, 2.05) is 35.0 Å². The van der Waals surface area contributed by atoms with Gasteiger partial charge in [-0.2, -0.15) is 5.10 Å². The van der Waals surface area contributed by atoms with Crippen LogP contribution in [0.1, 0.15) is 23.8 Å². The molecule has 1 N–H and O–H groups in total. The summed E-state index contributed by atoms with van der Waals surface area (Å²) in [6, 6.07) is 9.73. The van der Waals surface area contributed by atoms with Crippen LogP contribution in [0, 0.1) is 0 Å². The van der Waals surface area contributed by atoms with E-state index in [1.165, 1.54) is 0 Å². The Labute approximate surface area is 127 Å². The van der Waals surface area contributed by atoms with Crippen molar-refractivity contribution in [2.24, 2.45) is 0 Å². The monoisotopic (exact) mass is 338 g/mol. The van der Waals surface area contributed by atoms with Crippen LogP contribution in [-0.2, 0) is 17.7 Å². The first-order valence-electron chi connectivity index (χ1n) is 6.64. The molecule has 1 aromatic carbocycles. The summed E-state index contributed by atoms with van der Waals surface area (Å²) in [5.41, 5.74) is 2.05. The topological polar surface area (TPSA) is 47.3 Å². The largest absolute Gasteiger partial charge is 0.388 e. The molecular formula is C15H19BrN2O2. The first-order chi connectivity index (χ1) is 9.72. The van der Waals surface area contributed by atoms with Gasteiger partial charge in [0.2, 0.25) is 0 Å². The maximum Gasteiger partial charge on any atom is 0.0793 e. The number of nitrogens with zero attached hydrogens (tertiary/aromatic N) is 2. The van der Waals surface area contributed by atoms with E-state index < -0.39 is 6.10 Å². The Morgan fingerprint density at radius 1 is 1.35 bits per heavy atom. The first kappa shape index (κ1) is 15.2. The minimum Gasteiger partial charge on any atom is -0.388 e. The molecule has 1 atom stereocenters. The highest BCUT2D eigenvalue weighted by Gasteiger charge is 2.12. The number of aliphatic hydroxyl groups excluding tert-OH is 1. The van der Waals surface area contributed by atoms with Gasteiger partial charge in [-0.15, -0.1) is 0 Å². The smallest absolute Gasteiger partial charge is 0.0793 e. The summed E-state index contributed by atoms with van der Waals surface area (Å²) in [6.07, 6.45) is 2.77. The Balaban J connectivity index is 1.98. The fraction of sp³-hybridized carbons (Fsp3) is 0.400. The van der Waals surface area contributed by atoms with E-state index >= 15 is 0 Å². The molecule has 0 bridgehead atoms. The van der Waals surface area contributed by atoms with Gasteiger partial charge in [0.05, 0.1) is 35.6 Å². The Bertz CT molecular complexity index is 528. The molecule has 4 nitrogen and oxygen atoms in total. The Morgan fingerprint density at radius 2 is 2.10 bits per heavy atom. The van der Waals surface area contributed by atoms with Gasteiger partial charge in [-0.1, -0.05) is 30.3 Å². The second-order valence-electron chi connectivity index (χ2n) is 4.62. The predicted octanol–water partition coefficient (Wildman–Crippen LogP) is 2.96. The number of rotatable bonds is 7. The summed E-state index contributed by atoms with van der Waals surface area (Å²) >= 11 is 3.51. The highest BCUT2D eigenvalue weighted by molar-refractivity contribution is 9.10. The number of methoxy groups -OCH3 is 1. The Hall–Kier alpha value is -1.17. The van der Waals surface area contributed by atoms with Gasteiger partial charge in [0, 0.05) is 7.11 Å². The Kier molecular flexibility index (Phi) is 5.76. The van der Waals surface area contributed by atoms with Crippen molar-refractivity contribution in [3.8, 4) is 0 Å². The van der Waals surface area contributed by atoms with Crippen LogP contribution in [0.25, 0.3) is 0 Å². The number of ether oxygens (including phenoxy) is 1. The number of benzene rings is 1. The fourth-order valence-corrected chi connectivity index (χ4v) is 2.62. The zero-order valence-corrected chi connectivity index (χ0v) is 13.1. The van der Waals surface area contributed by atoms with Crippen molar-refractivity contribution in [2.45, 2.75) is 25.5 Å². The van der Waals surface area contributed by atoms with Crippen molar-refractivity contribution in [3.05, 3.63) is 52.3 Å². The van der Waals surface area contributed by atoms with Crippen molar-refractivity contribution in [2.75, 3.05) is 13.7 Å². The van der Waals surface area contributed by atoms with Gasteiger partial charge in [0.1, 0.15) is 0 Å². The van der Waals surface area contributed by atoms with Crippen molar-refractivity contribution in [3.63, 3.8) is 0 Å². The highest BCUT2D eigenvalue weighted by atomic mass is 79.9. The normalized spacial score (nSPS) is 12.6. The molecule has 1 heterocycles. The van der Waals surface area contributed by atoms with Gasteiger partial charge in [-0.3, -0.25) is 4.68 Å². The molecule has 0 radical (unpaired) electrons. The van der Waals surface area contributed by atoms with Gasteiger partial charge in [-0.05, 0) is 34.3 Å². The molecule has 0 amide bonds. The van der Waals surface area contributed by atoms with E-state index in [4.69, 9.17) is 4.74 Å². The summed E-state index contributed by atoms with van der Waals surface area (Å²) < 4.78 is 7.98. The van der Waals surface area contributed by atoms with Crippen molar-refractivity contribution in [1.82, 2.24) is 9.78 Å². The molecule has 0 aliphatic heterocycles. The van der Waals surface area contributed by atoms with Gasteiger partial charge in [0.25, 0.3) is 0 Å². The SMILES string of the molecule is COCCn1ncc(Br)c1CCC(O)c1ccccc1. The van der Waals surface area contributed by atoms with Crippen LogP contribution in [0.2, 0.25) is 0 Å². The van der Waals surface area contributed by atoms with E-state index in [2.05, 4.69) is 21.0 Å². The third-order valence-electron chi connectivity index (χ3n) is 3.24. The molecule has 2 rings (SSSR count). The molecule has 0 saturated carbocycles. The molecular weight excluding hydrogens is 320 g/mol. The van der Waals surface area contributed by atoms with Crippen molar-refractivity contribution < 1.29 is 9.84 Å². The lowest BCUT2D eigenvalue weighted by atomic mass is 10.0. The number of halogens is 1. The molecule has 5 heteroatoms.